The molecule has 7 heteroatoms. The summed E-state index contributed by atoms with van der Waals surface area (Å²) in [6.07, 6.45) is 2.04. The minimum absolute atomic E-state index is 0. The van der Waals surface area contributed by atoms with Crippen LogP contribution in [0.15, 0.2) is 12.1 Å². The Kier molecular flexibility index (Phi) is 8.91. The molecule has 94 valence electrons. The van der Waals surface area contributed by atoms with E-state index in [1.54, 1.807) is 11.9 Å². The van der Waals surface area contributed by atoms with Crippen LogP contribution in [0.1, 0.15) is 12.8 Å². The van der Waals surface area contributed by atoms with Crippen LogP contribution < -0.4 is 51.4 Å². The molecule has 0 amide bonds. The Balaban J connectivity index is 0.00000256. The molecule has 1 heterocycles. The molecule has 0 aromatic carbocycles. The molecule has 0 aliphatic carbocycles. The van der Waals surface area contributed by atoms with E-state index in [9.17, 15) is 12.9 Å². The number of hydrogen-bond acceptors (Lipinski definition) is 2. The molecule has 1 saturated heterocycles. The monoisotopic (exact) mass is 275 g/mol. The van der Waals surface area contributed by atoms with Gasteiger partial charge in [-0.2, -0.15) is 0 Å². The first-order valence-corrected chi connectivity index (χ1v) is 5.53. The van der Waals surface area contributed by atoms with E-state index >= 15 is 0 Å². The number of hydrogen-bond donors (Lipinski definition) is 0. The Morgan fingerprint density at radius 2 is 2.12 bits per heavy atom. The number of halogens is 3. The molecule has 1 fully saturated rings. The summed E-state index contributed by atoms with van der Waals surface area (Å²) in [6, 6.07) is 0. The third kappa shape index (κ3) is 7.35. The zero-order valence-corrected chi connectivity index (χ0v) is 13.7. The van der Waals surface area contributed by atoms with Crippen LogP contribution in [0.25, 0.3) is 0 Å². The molecule has 1 aliphatic rings. The summed E-state index contributed by atoms with van der Waals surface area (Å²) >= 11 is 0. The minimum Gasteiger partial charge on any atom is -0.445 e. The molecule has 17 heavy (non-hydrogen) atoms. The molecule has 0 radical (unpaired) electrons. The van der Waals surface area contributed by atoms with E-state index < -0.39 is 12.4 Å². The number of rotatable bonds is 5. The summed E-state index contributed by atoms with van der Waals surface area (Å²) < 4.78 is 42.2. The van der Waals surface area contributed by atoms with E-state index in [0.29, 0.717) is 19.1 Å². The molecular weight excluding hydrogens is 257 g/mol. The van der Waals surface area contributed by atoms with Crippen LogP contribution in [0.3, 0.4) is 0 Å². The summed E-state index contributed by atoms with van der Waals surface area (Å²) in [7, 11) is 1.70. The van der Waals surface area contributed by atoms with Crippen molar-refractivity contribution < 1.29 is 69.1 Å². The maximum atomic E-state index is 12.3. The van der Waals surface area contributed by atoms with E-state index in [2.05, 4.69) is 6.58 Å². The van der Waals surface area contributed by atoms with E-state index in [4.69, 9.17) is 4.74 Å². The second-order valence-corrected chi connectivity index (χ2v) is 4.51. The fraction of sp³-hybridized carbons (Fsp3) is 0.800. The standard InChI is InChI=1S/C10H18BF3NO.K/c1-9(11(12,13)14)6-15(2)7-10-4-3-5-16-8-10;/h10H,1,3-8H2,2H3;/q-1;+1. The van der Waals surface area contributed by atoms with Crippen molar-refractivity contribution in [2.24, 2.45) is 5.92 Å². The second kappa shape index (κ2) is 8.35. The minimum atomic E-state index is -4.90. The van der Waals surface area contributed by atoms with Crippen molar-refractivity contribution >= 4 is 6.98 Å². The van der Waals surface area contributed by atoms with Crippen molar-refractivity contribution in [2.75, 3.05) is 33.4 Å². The topological polar surface area (TPSA) is 12.5 Å². The van der Waals surface area contributed by atoms with Gasteiger partial charge in [0.15, 0.2) is 0 Å². The van der Waals surface area contributed by atoms with Gasteiger partial charge in [0.1, 0.15) is 0 Å². The SMILES string of the molecule is C=C(CN(C)CC1CCCOC1)[B-](F)(F)F.[K+]. The fourth-order valence-corrected chi connectivity index (χ4v) is 1.91. The fourth-order valence-electron chi connectivity index (χ4n) is 1.91. The van der Waals surface area contributed by atoms with Gasteiger partial charge in [-0.3, -0.25) is 0 Å². The first kappa shape index (κ1) is 18.2. The third-order valence-electron chi connectivity index (χ3n) is 2.76. The van der Waals surface area contributed by atoms with Crippen molar-refractivity contribution in [3.05, 3.63) is 12.1 Å². The summed E-state index contributed by atoms with van der Waals surface area (Å²) in [5, 5.41) is 0. The van der Waals surface area contributed by atoms with Crippen LogP contribution in [-0.4, -0.2) is 45.2 Å². The number of likely N-dealkylation sites (N-methyl/N-ethyl adjacent to an activating group) is 1. The second-order valence-electron chi connectivity index (χ2n) is 4.51. The van der Waals surface area contributed by atoms with Crippen molar-refractivity contribution in [2.45, 2.75) is 12.8 Å². The summed E-state index contributed by atoms with van der Waals surface area (Å²) in [6.45, 7) is 0.173. The van der Waals surface area contributed by atoms with Crippen LogP contribution >= 0.6 is 0 Å². The van der Waals surface area contributed by atoms with Gasteiger partial charge in [-0.25, -0.2) is 0 Å². The van der Waals surface area contributed by atoms with E-state index in [-0.39, 0.29) is 57.9 Å². The molecule has 0 N–H and O–H groups in total. The quantitative estimate of drug-likeness (QED) is 0.615. The molecule has 1 aliphatic heterocycles. The van der Waals surface area contributed by atoms with Gasteiger partial charge in [-0.05, 0) is 32.4 Å². The molecule has 1 rings (SSSR count). The zero-order chi connectivity index (χ0) is 12.2. The van der Waals surface area contributed by atoms with Crippen LogP contribution in [0.4, 0.5) is 12.9 Å². The van der Waals surface area contributed by atoms with Crippen molar-refractivity contribution in [1.29, 1.82) is 0 Å². The van der Waals surface area contributed by atoms with Gasteiger partial charge in [-0.1, -0.05) is 0 Å². The predicted octanol–water partition coefficient (Wildman–Crippen LogP) is -0.708. The van der Waals surface area contributed by atoms with Gasteiger partial charge in [0.25, 0.3) is 0 Å². The van der Waals surface area contributed by atoms with E-state index in [0.717, 1.165) is 19.4 Å². The number of ether oxygens (including phenoxy) is 1. The molecule has 0 saturated carbocycles. The Labute approximate surface area is 143 Å². The molecular formula is C10H18BF3KNO. The number of nitrogens with zero attached hydrogens (tertiary/aromatic N) is 1. The Morgan fingerprint density at radius 1 is 1.47 bits per heavy atom. The van der Waals surface area contributed by atoms with Gasteiger partial charge in [-0.15, -0.1) is 12.1 Å². The average molecular weight is 275 g/mol. The summed E-state index contributed by atoms with van der Waals surface area (Å²) in [5.41, 5.74) is -0.626. The van der Waals surface area contributed by atoms with Crippen LogP contribution in [0.2, 0.25) is 0 Å². The zero-order valence-electron chi connectivity index (χ0n) is 10.6. The average Bonchev–Trinajstić information content (AvgIpc) is 2.17. The van der Waals surface area contributed by atoms with Gasteiger partial charge in [0, 0.05) is 13.2 Å². The third-order valence-corrected chi connectivity index (χ3v) is 2.76. The van der Waals surface area contributed by atoms with E-state index in [1.165, 1.54) is 0 Å². The van der Waals surface area contributed by atoms with Gasteiger partial charge < -0.3 is 22.6 Å². The molecule has 2 nitrogen and oxygen atoms in total. The maximum Gasteiger partial charge on any atom is 1.00 e. The van der Waals surface area contributed by atoms with Crippen molar-refractivity contribution in [3.8, 4) is 0 Å². The molecule has 0 aromatic rings. The predicted molar refractivity (Wildman–Crippen MR) is 59.3 cm³/mol. The smallest absolute Gasteiger partial charge is 0.445 e. The normalized spacial score (nSPS) is 21.1. The Bertz CT molecular complexity index is 244. The summed E-state index contributed by atoms with van der Waals surface area (Å²) in [4.78, 5) is 1.68. The molecule has 1 atom stereocenters. The Morgan fingerprint density at radius 3 is 2.59 bits per heavy atom. The van der Waals surface area contributed by atoms with Gasteiger partial charge in [0.2, 0.25) is 0 Å². The molecule has 1 unspecified atom stereocenters. The first-order valence-electron chi connectivity index (χ1n) is 5.53. The Hall–Kier alpha value is 1.15. The van der Waals surface area contributed by atoms with Gasteiger partial charge >= 0.3 is 58.4 Å². The van der Waals surface area contributed by atoms with Crippen LogP contribution in [-0.2, 0) is 4.74 Å². The summed E-state index contributed by atoms with van der Waals surface area (Å²) in [5.74, 6) is 0.354. The molecule has 0 spiro atoms. The largest absolute Gasteiger partial charge is 1.00 e. The van der Waals surface area contributed by atoms with Gasteiger partial charge in [0.05, 0.1) is 6.61 Å². The molecule has 0 aromatic heterocycles. The first-order chi connectivity index (χ1) is 7.39. The van der Waals surface area contributed by atoms with E-state index in [1.807, 2.05) is 0 Å². The van der Waals surface area contributed by atoms with Crippen molar-refractivity contribution in [3.63, 3.8) is 0 Å². The van der Waals surface area contributed by atoms with Crippen LogP contribution in [0, 0.1) is 5.92 Å². The molecule has 0 bridgehead atoms. The van der Waals surface area contributed by atoms with Crippen LogP contribution in [0.5, 0.6) is 0 Å². The van der Waals surface area contributed by atoms with Crippen molar-refractivity contribution in [1.82, 2.24) is 4.90 Å². The maximum absolute atomic E-state index is 12.3.